The van der Waals surface area contributed by atoms with Crippen molar-refractivity contribution >= 4 is 41.8 Å². The quantitative estimate of drug-likeness (QED) is 0.830. The van der Waals surface area contributed by atoms with E-state index in [2.05, 4.69) is 25.9 Å². The highest BCUT2D eigenvalue weighted by atomic mass is 35.5. The highest BCUT2D eigenvalue weighted by molar-refractivity contribution is 6.05. The molecule has 1 unspecified atom stereocenters. The van der Waals surface area contributed by atoms with Gasteiger partial charge in [-0.15, -0.1) is 24.8 Å². The largest absolute Gasteiger partial charge is 0.338 e. The van der Waals surface area contributed by atoms with Crippen molar-refractivity contribution < 1.29 is 4.79 Å². The molecular weight excluding hydrogens is 385 g/mol. The maximum atomic E-state index is 13.3. The molecule has 1 saturated heterocycles. The number of halogens is 2. The zero-order valence-corrected chi connectivity index (χ0v) is 17.8. The lowest BCUT2D eigenvalue weighted by atomic mass is 9.90. The van der Waals surface area contributed by atoms with E-state index in [1.807, 2.05) is 15.6 Å². The van der Waals surface area contributed by atoms with Crippen molar-refractivity contribution in [2.24, 2.45) is 11.1 Å². The number of pyridine rings is 1. The van der Waals surface area contributed by atoms with E-state index in [0.29, 0.717) is 12.5 Å². The summed E-state index contributed by atoms with van der Waals surface area (Å²) in [6, 6.07) is 2.22. The first-order valence-corrected chi connectivity index (χ1v) is 9.29. The van der Waals surface area contributed by atoms with Crippen LogP contribution in [0.2, 0.25) is 0 Å². The molecule has 1 aliphatic heterocycles. The number of nitrogens with two attached hydrogens (primary N) is 1. The molecule has 1 atom stereocenters. The van der Waals surface area contributed by atoms with E-state index in [1.54, 1.807) is 6.20 Å². The molecule has 0 radical (unpaired) electrons. The van der Waals surface area contributed by atoms with E-state index in [-0.39, 0.29) is 42.2 Å². The van der Waals surface area contributed by atoms with Gasteiger partial charge in [0.05, 0.1) is 17.1 Å². The second-order valence-electron chi connectivity index (χ2n) is 8.28. The van der Waals surface area contributed by atoms with E-state index in [0.717, 1.165) is 54.6 Å². The first-order chi connectivity index (χ1) is 11.9. The fraction of sp³-hybridized carbons (Fsp3) is 0.632. The summed E-state index contributed by atoms with van der Waals surface area (Å²) in [5.74, 6) is 0.592. The van der Waals surface area contributed by atoms with Crippen LogP contribution in [0.1, 0.15) is 68.0 Å². The average Bonchev–Trinajstić information content (AvgIpc) is 3.23. The van der Waals surface area contributed by atoms with Crippen LogP contribution in [0.3, 0.4) is 0 Å². The van der Waals surface area contributed by atoms with Gasteiger partial charge in [0, 0.05) is 30.7 Å². The summed E-state index contributed by atoms with van der Waals surface area (Å²) < 4.78 is 1.92. The van der Waals surface area contributed by atoms with Crippen LogP contribution in [0.4, 0.5) is 0 Å². The molecule has 2 aromatic rings. The Morgan fingerprint density at radius 1 is 1.37 bits per heavy atom. The van der Waals surface area contributed by atoms with Crippen molar-refractivity contribution in [3.8, 4) is 0 Å². The van der Waals surface area contributed by atoms with Gasteiger partial charge in [0.15, 0.2) is 5.65 Å². The SMILES string of the molecule is CC(C)n1ncc2c(C(=O)N3CCC(C)(CN)C3)cc(C3CC3)nc21.Cl.Cl. The van der Waals surface area contributed by atoms with Crippen LogP contribution < -0.4 is 5.73 Å². The Labute approximate surface area is 172 Å². The maximum Gasteiger partial charge on any atom is 0.254 e. The third kappa shape index (κ3) is 3.93. The van der Waals surface area contributed by atoms with Crippen LogP contribution in [0.5, 0.6) is 0 Å². The minimum absolute atomic E-state index is 0. The Bertz CT molecular complexity index is 833. The summed E-state index contributed by atoms with van der Waals surface area (Å²) in [6.07, 6.45) is 5.09. The number of amides is 1. The van der Waals surface area contributed by atoms with Crippen molar-refractivity contribution in [1.82, 2.24) is 19.7 Å². The Morgan fingerprint density at radius 3 is 2.63 bits per heavy atom. The van der Waals surface area contributed by atoms with Crippen LogP contribution in [-0.4, -0.2) is 45.2 Å². The zero-order chi connectivity index (χ0) is 17.8. The molecular formula is C19H29Cl2N5O. The number of hydrogen-bond acceptors (Lipinski definition) is 4. The second kappa shape index (κ2) is 7.94. The predicted octanol–water partition coefficient (Wildman–Crippen LogP) is 3.54. The first-order valence-electron chi connectivity index (χ1n) is 9.29. The highest BCUT2D eigenvalue weighted by Gasteiger charge is 2.36. The van der Waals surface area contributed by atoms with E-state index < -0.39 is 0 Å². The number of hydrogen-bond donors (Lipinski definition) is 1. The van der Waals surface area contributed by atoms with Crippen LogP contribution in [0.15, 0.2) is 12.3 Å². The van der Waals surface area contributed by atoms with Gasteiger partial charge in [-0.25, -0.2) is 9.67 Å². The van der Waals surface area contributed by atoms with Gasteiger partial charge in [-0.05, 0) is 51.1 Å². The summed E-state index contributed by atoms with van der Waals surface area (Å²) in [4.78, 5) is 20.1. The van der Waals surface area contributed by atoms with Crippen molar-refractivity contribution in [2.75, 3.05) is 19.6 Å². The van der Waals surface area contributed by atoms with E-state index in [9.17, 15) is 4.79 Å². The third-order valence-corrected chi connectivity index (χ3v) is 5.64. The molecule has 2 aromatic heterocycles. The molecule has 2 N–H and O–H groups in total. The number of carbonyl (C=O) groups is 1. The number of likely N-dealkylation sites (tertiary alicyclic amines) is 1. The third-order valence-electron chi connectivity index (χ3n) is 5.64. The Balaban J connectivity index is 0.00000131. The Kier molecular flexibility index (Phi) is 6.44. The lowest BCUT2D eigenvalue weighted by Crippen LogP contribution is -2.34. The lowest BCUT2D eigenvalue weighted by Gasteiger charge is -2.23. The Hall–Kier alpha value is -1.37. The van der Waals surface area contributed by atoms with Crippen LogP contribution in [-0.2, 0) is 0 Å². The summed E-state index contributed by atoms with van der Waals surface area (Å²) in [7, 11) is 0. The van der Waals surface area contributed by atoms with Gasteiger partial charge in [-0.3, -0.25) is 4.79 Å². The minimum Gasteiger partial charge on any atom is -0.338 e. The van der Waals surface area contributed by atoms with Gasteiger partial charge < -0.3 is 10.6 Å². The van der Waals surface area contributed by atoms with E-state index >= 15 is 0 Å². The van der Waals surface area contributed by atoms with Crippen molar-refractivity contribution in [2.45, 2.75) is 52.0 Å². The van der Waals surface area contributed by atoms with Crippen LogP contribution >= 0.6 is 24.8 Å². The topological polar surface area (TPSA) is 77.0 Å². The normalized spacial score (nSPS) is 22.0. The molecule has 1 amide bonds. The van der Waals surface area contributed by atoms with Crippen LogP contribution in [0, 0.1) is 5.41 Å². The molecule has 3 heterocycles. The van der Waals surface area contributed by atoms with Crippen LogP contribution in [0.25, 0.3) is 11.0 Å². The Morgan fingerprint density at radius 2 is 2.07 bits per heavy atom. The van der Waals surface area contributed by atoms with Gasteiger partial charge in [-0.2, -0.15) is 5.10 Å². The summed E-state index contributed by atoms with van der Waals surface area (Å²) in [6.45, 7) is 8.45. The number of aromatic nitrogens is 3. The van der Waals surface area contributed by atoms with Gasteiger partial charge in [0.1, 0.15) is 0 Å². The number of rotatable bonds is 4. The monoisotopic (exact) mass is 413 g/mol. The summed E-state index contributed by atoms with van der Waals surface area (Å²) in [5, 5.41) is 5.36. The molecule has 4 rings (SSSR count). The van der Waals surface area contributed by atoms with E-state index in [1.165, 1.54) is 0 Å². The zero-order valence-electron chi connectivity index (χ0n) is 16.1. The van der Waals surface area contributed by atoms with Gasteiger partial charge in [0.2, 0.25) is 0 Å². The minimum atomic E-state index is 0. The van der Waals surface area contributed by atoms with Gasteiger partial charge in [-0.1, -0.05) is 6.92 Å². The highest BCUT2D eigenvalue weighted by Crippen LogP contribution is 2.41. The van der Waals surface area contributed by atoms with Gasteiger partial charge >= 0.3 is 0 Å². The van der Waals surface area contributed by atoms with Gasteiger partial charge in [0.25, 0.3) is 5.91 Å². The molecule has 1 saturated carbocycles. The van der Waals surface area contributed by atoms with Crippen molar-refractivity contribution in [1.29, 1.82) is 0 Å². The summed E-state index contributed by atoms with van der Waals surface area (Å²) >= 11 is 0. The molecule has 2 aliphatic rings. The fourth-order valence-electron chi connectivity index (χ4n) is 3.71. The number of nitrogens with zero attached hydrogens (tertiary/aromatic N) is 4. The molecule has 27 heavy (non-hydrogen) atoms. The smallest absolute Gasteiger partial charge is 0.254 e. The molecule has 150 valence electrons. The molecule has 1 aliphatic carbocycles. The van der Waals surface area contributed by atoms with Crippen molar-refractivity contribution in [3.63, 3.8) is 0 Å². The molecule has 0 bridgehead atoms. The molecule has 8 heteroatoms. The predicted molar refractivity (Wildman–Crippen MR) is 112 cm³/mol. The summed E-state index contributed by atoms with van der Waals surface area (Å²) in [5.41, 5.74) is 8.57. The molecule has 6 nitrogen and oxygen atoms in total. The molecule has 2 fully saturated rings. The first kappa shape index (κ1) is 21.9. The number of fused-ring (bicyclic) bond motifs is 1. The maximum absolute atomic E-state index is 13.3. The number of carbonyl (C=O) groups excluding carboxylic acids is 1. The second-order valence-corrected chi connectivity index (χ2v) is 8.28. The molecule has 0 aromatic carbocycles. The van der Waals surface area contributed by atoms with Crippen molar-refractivity contribution in [3.05, 3.63) is 23.5 Å². The van der Waals surface area contributed by atoms with E-state index in [4.69, 9.17) is 10.7 Å². The molecule has 0 spiro atoms. The average molecular weight is 414 g/mol. The standard InChI is InChI=1S/C19H27N5O.2ClH/c1-12(2)24-17-15(9-21-24)14(8-16(22-17)13-4-5-13)18(25)23-7-6-19(3,10-20)11-23;;/h8-9,12-13H,4-7,10-11,20H2,1-3H3;2*1H. The lowest BCUT2D eigenvalue weighted by molar-refractivity contribution is 0.0778. The fourth-order valence-corrected chi connectivity index (χ4v) is 3.71.